The van der Waals surface area contributed by atoms with E-state index in [2.05, 4.69) is 12.1 Å². The van der Waals surface area contributed by atoms with Crippen molar-refractivity contribution in [1.29, 1.82) is 0 Å². The first-order valence-corrected chi connectivity index (χ1v) is 5.40. The highest BCUT2D eigenvalue weighted by Crippen LogP contribution is 2.25. The van der Waals surface area contributed by atoms with Gasteiger partial charge in [0.05, 0.1) is 0 Å². The fraction of sp³-hybridized carbons (Fsp3) is 0.308. The minimum Gasteiger partial charge on any atom is -0.490 e. The van der Waals surface area contributed by atoms with Gasteiger partial charge in [-0.15, -0.1) is 0 Å². The van der Waals surface area contributed by atoms with E-state index in [4.69, 9.17) is 9.84 Å². The molecule has 0 aliphatic heterocycles. The van der Waals surface area contributed by atoms with Crippen LogP contribution in [0.25, 0.3) is 0 Å². The number of ether oxygens (including phenoxy) is 1. The van der Waals surface area contributed by atoms with Crippen LogP contribution < -0.4 is 4.74 Å². The normalized spacial score (nSPS) is 14.0. The van der Waals surface area contributed by atoms with E-state index in [1.54, 1.807) is 0 Å². The zero-order valence-electron chi connectivity index (χ0n) is 8.98. The van der Waals surface area contributed by atoms with Gasteiger partial charge < -0.3 is 9.84 Å². The van der Waals surface area contributed by atoms with Crippen molar-refractivity contribution < 1.29 is 14.6 Å². The van der Waals surface area contributed by atoms with Gasteiger partial charge in [-0.3, -0.25) is 0 Å². The zero-order chi connectivity index (χ0) is 11.4. The lowest BCUT2D eigenvalue weighted by Crippen LogP contribution is -1.96. The van der Waals surface area contributed by atoms with Crippen LogP contribution in [0.1, 0.15) is 17.5 Å². The molecule has 0 atom stereocenters. The number of rotatable bonds is 4. The van der Waals surface area contributed by atoms with E-state index in [0.29, 0.717) is 6.61 Å². The Labute approximate surface area is 94.4 Å². The Morgan fingerprint density at radius 1 is 1.38 bits per heavy atom. The number of benzene rings is 1. The van der Waals surface area contributed by atoms with E-state index in [1.165, 1.54) is 23.6 Å². The number of hydrogen-bond acceptors (Lipinski definition) is 2. The van der Waals surface area contributed by atoms with Gasteiger partial charge in [-0.2, -0.15) is 0 Å². The highest BCUT2D eigenvalue weighted by Gasteiger charge is 2.10. The van der Waals surface area contributed by atoms with Crippen molar-refractivity contribution in [3.05, 3.63) is 41.5 Å². The van der Waals surface area contributed by atoms with Crippen molar-refractivity contribution in [2.24, 2.45) is 0 Å². The summed E-state index contributed by atoms with van der Waals surface area (Å²) in [4.78, 5) is 10.2. The summed E-state index contributed by atoms with van der Waals surface area (Å²) in [5, 5.41) is 8.40. The van der Waals surface area contributed by atoms with Gasteiger partial charge >= 0.3 is 5.97 Å². The maximum absolute atomic E-state index is 10.2. The Balaban J connectivity index is 1.93. The molecular weight excluding hydrogens is 204 g/mol. The van der Waals surface area contributed by atoms with Gasteiger partial charge in [0.2, 0.25) is 0 Å². The van der Waals surface area contributed by atoms with Crippen LogP contribution in [-0.2, 0) is 17.6 Å². The molecule has 0 heterocycles. The van der Waals surface area contributed by atoms with Crippen LogP contribution in [0.3, 0.4) is 0 Å². The topological polar surface area (TPSA) is 46.5 Å². The molecule has 0 radical (unpaired) electrons. The third kappa shape index (κ3) is 2.63. The lowest BCUT2D eigenvalue weighted by atomic mass is 10.1. The predicted molar refractivity (Wildman–Crippen MR) is 60.7 cm³/mol. The number of carbonyl (C=O) groups is 1. The van der Waals surface area contributed by atoms with Crippen LogP contribution in [-0.4, -0.2) is 17.7 Å². The number of hydrogen-bond donors (Lipinski definition) is 1. The second-order valence-electron chi connectivity index (χ2n) is 3.84. The Morgan fingerprint density at radius 3 is 3.00 bits per heavy atom. The Morgan fingerprint density at radius 2 is 2.19 bits per heavy atom. The van der Waals surface area contributed by atoms with E-state index >= 15 is 0 Å². The van der Waals surface area contributed by atoms with Gasteiger partial charge in [0.15, 0.2) is 0 Å². The van der Waals surface area contributed by atoms with Crippen molar-refractivity contribution >= 4 is 5.97 Å². The second-order valence-corrected chi connectivity index (χ2v) is 3.84. The first kappa shape index (κ1) is 10.7. The standard InChI is InChI=1S/C13H14O3/c14-13(15)5-2-8-16-12-7-6-10-3-1-4-11(10)9-12/h2,5-7,9H,1,3-4,8H2,(H,14,15)/b5-2+. The molecule has 0 fully saturated rings. The second kappa shape index (κ2) is 4.84. The molecule has 3 nitrogen and oxygen atoms in total. The maximum Gasteiger partial charge on any atom is 0.328 e. The third-order valence-electron chi connectivity index (χ3n) is 2.68. The van der Waals surface area contributed by atoms with Crippen LogP contribution >= 0.6 is 0 Å². The summed E-state index contributed by atoms with van der Waals surface area (Å²) >= 11 is 0. The highest BCUT2D eigenvalue weighted by atomic mass is 16.5. The Bertz CT molecular complexity index is 421. The molecular formula is C13H14O3. The van der Waals surface area contributed by atoms with Gasteiger partial charge in [0, 0.05) is 6.08 Å². The molecule has 0 saturated carbocycles. The van der Waals surface area contributed by atoms with E-state index in [0.717, 1.165) is 24.7 Å². The molecule has 1 aromatic rings. The first-order chi connectivity index (χ1) is 7.75. The molecule has 1 aromatic carbocycles. The molecule has 84 valence electrons. The molecule has 0 aromatic heterocycles. The molecule has 0 spiro atoms. The number of carboxylic acids is 1. The molecule has 1 N–H and O–H groups in total. The number of aryl methyl sites for hydroxylation is 2. The van der Waals surface area contributed by atoms with Crippen molar-refractivity contribution in [1.82, 2.24) is 0 Å². The molecule has 16 heavy (non-hydrogen) atoms. The summed E-state index contributed by atoms with van der Waals surface area (Å²) < 4.78 is 5.43. The number of aliphatic carboxylic acids is 1. The van der Waals surface area contributed by atoms with Crippen LogP contribution in [0.5, 0.6) is 5.75 Å². The summed E-state index contributed by atoms with van der Waals surface area (Å²) in [6.45, 7) is 0.297. The number of fused-ring (bicyclic) bond motifs is 1. The Kier molecular flexibility index (Phi) is 3.25. The van der Waals surface area contributed by atoms with Crippen molar-refractivity contribution in [2.45, 2.75) is 19.3 Å². The summed E-state index contributed by atoms with van der Waals surface area (Å²) in [5.74, 6) is -0.131. The SMILES string of the molecule is O=C(O)/C=C/COc1ccc2c(c1)CCC2. The molecule has 3 heteroatoms. The first-order valence-electron chi connectivity index (χ1n) is 5.40. The average Bonchev–Trinajstić information content (AvgIpc) is 2.71. The summed E-state index contributed by atoms with van der Waals surface area (Å²) in [6, 6.07) is 6.09. The van der Waals surface area contributed by atoms with Gasteiger partial charge in [0.25, 0.3) is 0 Å². The fourth-order valence-corrected chi connectivity index (χ4v) is 1.93. The maximum atomic E-state index is 10.2. The van der Waals surface area contributed by atoms with Crippen molar-refractivity contribution in [3.8, 4) is 5.75 Å². The van der Waals surface area contributed by atoms with Crippen LogP contribution in [0.4, 0.5) is 0 Å². The summed E-state index contributed by atoms with van der Waals surface area (Å²) in [6.07, 6.45) is 6.09. The average molecular weight is 218 g/mol. The zero-order valence-corrected chi connectivity index (χ0v) is 8.98. The van der Waals surface area contributed by atoms with E-state index < -0.39 is 5.97 Å². The quantitative estimate of drug-likeness (QED) is 0.788. The van der Waals surface area contributed by atoms with Crippen molar-refractivity contribution in [3.63, 3.8) is 0 Å². The molecule has 0 unspecified atom stereocenters. The van der Waals surface area contributed by atoms with Crippen LogP contribution in [0.15, 0.2) is 30.4 Å². The third-order valence-corrected chi connectivity index (χ3v) is 2.68. The Hall–Kier alpha value is -1.77. The lowest BCUT2D eigenvalue weighted by molar-refractivity contribution is -0.131. The summed E-state index contributed by atoms with van der Waals surface area (Å²) in [5.41, 5.74) is 2.77. The van der Waals surface area contributed by atoms with E-state index in [9.17, 15) is 4.79 Å². The van der Waals surface area contributed by atoms with E-state index in [-0.39, 0.29) is 0 Å². The minimum absolute atomic E-state index is 0.297. The van der Waals surface area contributed by atoms with Gasteiger partial charge in [-0.05, 0) is 48.6 Å². The fourth-order valence-electron chi connectivity index (χ4n) is 1.93. The van der Waals surface area contributed by atoms with Gasteiger partial charge in [-0.1, -0.05) is 6.07 Å². The van der Waals surface area contributed by atoms with Gasteiger partial charge in [0.1, 0.15) is 12.4 Å². The van der Waals surface area contributed by atoms with Crippen LogP contribution in [0.2, 0.25) is 0 Å². The minimum atomic E-state index is -0.947. The summed E-state index contributed by atoms with van der Waals surface area (Å²) in [7, 11) is 0. The smallest absolute Gasteiger partial charge is 0.328 e. The number of carboxylic acid groups (broad SMARTS) is 1. The van der Waals surface area contributed by atoms with Crippen molar-refractivity contribution in [2.75, 3.05) is 6.61 Å². The molecule has 1 aliphatic carbocycles. The highest BCUT2D eigenvalue weighted by molar-refractivity contribution is 5.79. The predicted octanol–water partition coefficient (Wildman–Crippen LogP) is 2.19. The molecule has 0 saturated heterocycles. The molecule has 2 rings (SSSR count). The van der Waals surface area contributed by atoms with Gasteiger partial charge in [-0.25, -0.2) is 4.79 Å². The molecule has 0 bridgehead atoms. The lowest BCUT2D eigenvalue weighted by Gasteiger charge is -2.05. The van der Waals surface area contributed by atoms with E-state index in [1.807, 2.05) is 6.07 Å². The molecule has 0 amide bonds. The monoisotopic (exact) mass is 218 g/mol. The van der Waals surface area contributed by atoms with Crippen LogP contribution in [0, 0.1) is 0 Å². The largest absolute Gasteiger partial charge is 0.490 e. The molecule has 1 aliphatic rings.